The quantitative estimate of drug-likeness (QED) is 0.854. The van der Waals surface area contributed by atoms with Gasteiger partial charge in [0.05, 0.1) is 0 Å². The largest absolute Gasteiger partial charge is 0.354 e. The molecule has 1 saturated heterocycles. The Labute approximate surface area is 145 Å². The Morgan fingerprint density at radius 2 is 1.96 bits per heavy atom. The van der Waals surface area contributed by atoms with Crippen molar-refractivity contribution < 1.29 is 4.79 Å². The maximum Gasteiger partial charge on any atom is 0.227 e. The predicted octanol–water partition coefficient (Wildman–Crippen LogP) is 3.22. The number of carbonyl (C=O) groups excluding carboxylic acids is 1. The first kappa shape index (κ1) is 17.2. The summed E-state index contributed by atoms with van der Waals surface area (Å²) in [6.07, 6.45) is 7.68. The number of hydrogen-bond acceptors (Lipinski definition) is 4. The molecule has 1 saturated carbocycles. The van der Waals surface area contributed by atoms with Crippen molar-refractivity contribution >= 4 is 11.7 Å². The molecule has 0 N–H and O–H groups in total. The van der Waals surface area contributed by atoms with Gasteiger partial charge in [-0.15, -0.1) is 0 Å². The molecular weight excluding hydrogens is 300 g/mol. The van der Waals surface area contributed by atoms with Crippen molar-refractivity contribution in [3.05, 3.63) is 18.1 Å². The summed E-state index contributed by atoms with van der Waals surface area (Å²) < 4.78 is 0. The van der Waals surface area contributed by atoms with E-state index >= 15 is 0 Å². The van der Waals surface area contributed by atoms with E-state index < -0.39 is 0 Å². The standard InChI is InChI=1S/C19H30N4O/c1-19(2,3)18(24)22(4)15-9-6-10-23(12-15)17-11-16(20-13-21-17)14-7-5-8-14/h11,13-15H,5-10,12H2,1-4H3. The minimum absolute atomic E-state index is 0.215. The number of amides is 1. The molecule has 1 aliphatic carbocycles. The van der Waals surface area contributed by atoms with Crippen LogP contribution in [-0.4, -0.2) is 47.0 Å². The average molecular weight is 330 g/mol. The van der Waals surface area contributed by atoms with E-state index in [2.05, 4.69) is 20.9 Å². The van der Waals surface area contributed by atoms with E-state index in [1.54, 1.807) is 6.33 Å². The van der Waals surface area contributed by atoms with Gasteiger partial charge in [0.2, 0.25) is 5.91 Å². The molecule has 3 rings (SSSR count). The van der Waals surface area contributed by atoms with Crippen LogP contribution < -0.4 is 4.90 Å². The summed E-state index contributed by atoms with van der Waals surface area (Å²) in [5.74, 6) is 1.86. The summed E-state index contributed by atoms with van der Waals surface area (Å²) >= 11 is 0. The van der Waals surface area contributed by atoms with Crippen LogP contribution in [0.2, 0.25) is 0 Å². The van der Waals surface area contributed by atoms with Crippen molar-refractivity contribution in [1.82, 2.24) is 14.9 Å². The minimum atomic E-state index is -0.330. The third-order valence-corrected chi connectivity index (χ3v) is 5.43. The summed E-state index contributed by atoms with van der Waals surface area (Å²) in [7, 11) is 1.95. The van der Waals surface area contributed by atoms with Gasteiger partial charge in [0.15, 0.2) is 0 Å². The minimum Gasteiger partial charge on any atom is -0.354 e. The summed E-state index contributed by atoms with van der Waals surface area (Å²) in [5, 5.41) is 0. The first-order valence-corrected chi connectivity index (χ1v) is 9.20. The molecule has 1 aromatic rings. The lowest BCUT2D eigenvalue weighted by Crippen LogP contribution is -2.51. The molecule has 2 fully saturated rings. The molecule has 5 heteroatoms. The van der Waals surface area contributed by atoms with Crippen molar-refractivity contribution in [2.45, 2.75) is 64.8 Å². The number of carbonyl (C=O) groups is 1. The van der Waals surface area contributed by atoms with Crippen molar-refractivity contribution in [2.75, 3.05) is 25.0 Å². The predicted molar refractivity (Wildman–Crippen MR) is 96.1 cm³/mol. The number of hydrogen-bond donors (Lipinski definition) is 0. The highest BCUT2D eigenvalue weighted by atomic mass is 16.2. The van der Waals surface area contributed by atoms with Gasteiger partial charge >= 0.3 is 0 Å². The van der Waals surface area contributed by atoms with Gasteiger partial charge in [0, 0.05) is 49.3 Å². The summed E-state index contributed by atoms with van der Waals surface area (Å²) in [5.41, 5.74) is 0.857. The molecule has 1 atom stereocenters. The first-order chi connectivity index (χ1) is 11.4. The van der Waals surface area contributed by atoms with E-state index in [1.807, 2.05) is 32.7 Å². The van der Waals surface area contributed by atoms with Crippen LogP contribution in [0.4, 0.5) is 5.82 Å². The highest BCUT2D eigenvalue weighted by Crippen LogP contribution is 2.36. The lowest BCUT2D eigenvalue weighted by molar-refractivity contribution is -0.140. The fraction of sp³-hybridized carbons (Fsp3) is 0.737. The molecule has 1 aliphatic heterocycles. The van der Waals surface area contributed by atoms with E-state index in [0.29, 0.717) is 5.92 Å². The topological polar surface area (TPSA) is 49.3 Å². The molecule has 1 unspecified atom stereocenters. The second-order valence-corrected chi connectivity index (χ2v) is 8.34. The van der Waals surface area contributed by atoms with Gasteiger partial charge in [-0.1, -0.05) is 27.2 Å². The number of rotatable bonds is 3. The molecule has 0 radical (unpaired) electrons. The van der Waals surface area contributed by atoms with Gasteiger partial charge in [-0.05, 0) is 25.7 Å². The van der Waals surface area contributed by atoms with Crippen LogP contribution in [0.3, 0.4) is 0 Å². The SMILES string of the molecule is CN(C(=O)C(C)(C)C)C1CCCN(c2cc(C3CCC3)ncn2)C1. The van der Waals surface area contributed by atoms with Gasteiger partial charge in [-0.25, -0.2) is 9.97 Å². The molecule has 5 nitrogen and oxygen atoms in total. The normalized spacial score (nSPS) is 22.2. The zero-order valence-electron chi connectivity index (χ0n) is 15.5. The van der Waals surface area contributed by atoms with Gasteiger partial charge in [0.1, 0.15) is 12.1 Å². The van der Waals surface area contributed by atoms with Crippen molar-refractivity contribution in [3.63, 3.8) is 0 Å². The van der Waals surface area contributed by atoms with E-state index in [-0.39, 0.29) is 17.4 Å². The fourth-order valence-corrected chi connectivity index (χ4v) is 3.64. The molecule has 1 aromatic heterocycles. The Morgan fingerprint density at radius 3 is 2.58 bits per heavy atom. The molecule has 2 heterocycles. The first-order valence-electron chi connectivity index (χ1n) is 9.20. The van der Waals surface area contributed by atoms with Crippen molar-refractivity contribution in [1.29, 1.82) is 0 Å². The van der Waals surface area contributed by atoms with Crippen LogP contribution in [0.25, 0.3) is 0 Å². The van der Waals surface area contributed by atoms with Gasteiger partial charge in [0.25, 0.3) is 0 Å². The average Bonchev–Trinajstić information content (AvgIpc) is 2.51. The fourth-order valence-electron chi connectivity index (χ4n) is 3.64. The molecule has 2 aliphatic rings. The number of likely N-dealkylation sites (N-methyl/N-ethyl adjacent to an activating group) is 1. The van der Waals surface area contributed by atoms with Crippen LogP contribution in [0.1, 0.15) is 64.5 Å². The number of nitrogens with zero attached hydrogens (tertiary/aromatic N) is 4. The van der Waals surface area contributed by atoms with E-state index in [9.17, 15) is 4.79 Å². The number of aromatic nitrogens is 2. The van der Waals surface area contributed by atoms with Crippen molar-refractivity contribution in [3.8, 4) is 0 Å². The Morgan fingerprint density at radius 1 is 1.21 bits per heavy atom. The van der Waals surface area contributed by atoms with Gasteiger partial charge in [-0.3, -0.25) is 4.79 Å². The summed E-state index contributed by atoms with van der Waals surface area (Å²) in [6.45, 7) is 7.83. The molecular formula is C19H30N4O. The highest BCUT2D eigenvalue weighted by molar-refractivity contribution is 5.81. The highest BCUT2D eigenvalue weighted by Gasteiger charge is 2.32. The number of anilines is 1. The van der Waals surface area contributed by atoms with Crippen LogP contribution in [0.5, 0.6) is 0 Å². The van der Waals surface area contributed by atoms with Crippen LogP contribution >= 0.6 is 0 Å². The van der Waals surface area contributed by atoms with E-state index in [4.69, 9.17) is 0 Å². The third-order valence-electron chi connectivity index (χ3n) is 5.43. The number of piperidine rings is 1. The maximum atomic E-state index is 12.6. The van der Waals surface area contributed by atoms with Gasteiger partial charge in [-0.2, -0.15) is 0 Å². The molecule has 0 aromatic carbocycles. The van der Waals surface area contributed by atoms with Crippen molar-refractivity contribution in [2.24, 2.45) is 5.41 Å². The molecule has 0 spiro atoms. The monoisotopic (exact) mass is 330 g/mol. The second-order valence-electron chi connectivity index (χ2n) is 8.34. The third kappa shape index (κ3) is 3.55. The Kier molecular flexibility index (Phi) is 4.79. The molecule has 132 valence electrons. The zero-order chi connectivity index (χ0) is 17.3. The van der Waals surface area contributed by atoms with Crippen LogP contribution in [0, 0.1) is 5.41 Å². The lowest BCUT2D eigenvalue weighted by Gasteiger charge is -2.40. The van der Waals surface area contributed by atoms with Crippen LogP contribution in [0.15, 0.2) is 12.4 Å². The molecule has 1 amide bonds. The lowest BCUT2D eigenvalue weighted by atomic mass is 9.83. The second kappa shape index (κ2) is 6.69. The van der Waals surface area contributed by atoms with E-state index in [0.717, 1.165) is 31.7 Å². The summed E-state index contributed by atoms with van der Waals surface area (Å²) in [6, 6.07) is 2.42. The van der Waals surface area contributed by atoms with Crippen LogP contribution in [-0.2, 0) is 4.79 Å². The Bertz CT molecular complexity index is 591. The molecule has 24 heavy (non-hydrogen) atoms. The smallest absolute Gasteiger partial charge is 0.227 e. The Balaban J connectivity index is 1.70. The van der Waals surface area contributed by atoms with E-state index in [1.165, 1.54) is 25.0 Å². The Hall–Kier alpha value is -1.65. The molecule has 0 bridgehead atoms. The van der Waals surface area contributed by atoms with Gasteiger partial charge < -0.3 is 9.80 Å². The maximum absolute atomic E-state index is 12.6. The summed E-state index contributed by atoms with van der Waals surface area (Å²) in [4.78, 5) is 25.8. The zero-order valence-corrected chi connectivity index (χ0v) is 15.5.